The summed E-state index contributed by atoms with van der Waals surface area (Å²) in [6, 6.07) is 141. The van der Waals surface area contributed by atoms with Crippen molar-refractivity contribution in [2.45, 2.75) is 38.9 Å². The van der Waals surface area contributed by atoms with Crippen LogP contribution in [0.1, 0.15) is 27.7 Å². The molecule has 0 bridgehead atoms. The molecule has 514 valence electrons. The first-order chi connectivity index (χ1) is 53.6. The lowest BCUT2D eigenvalue weighted by atomic mass is 9.71. The SMILES string of the molecule is CC1(C)OB(c2c(-c3cccc4ccccc34)ccc3ccc(-c4cccc5ccccc45)cc23)OC1(C)C.c1ccc(-c2cc(-c3ccccc3)c3ccc4c(-c5cccc(-c6c(-c7cccc8ccccc78)ccc7ccc(-c8cccc9ccccc89)cc67)c5)cc(-c5ccccc5)c5ccc2c3c54)cc1. The highest BCUT2D eigenvalue weighted by atomic mass is 16.7. The second-order valence-electron chi connectivity index (χ2n) is 30.3. The van der Waals surface area contributed by atoms with Crippen LogP contribution in [-0.4, -0.2) is 18.3 Å². The minimum absolute atomic E-state index is 0.441. The minimum Gasteiger partial charge on any atom is -0.399 e. The van der Waals surface area contributed by atoms with Crippen LogP contribution in [0.4, 0.5) is 0 Å². The molecule has 20 aromatic rings. The Bertz CT molecular complexity index is 6870. The predicted octanol–water partition coefficient (Wildman–Crippen LogP) is 28.5. The second-order valence-corrected chi connectivity index (χ2v) is 30.3. The lowest BCUT2D eigenvalue weighted by Crippen LogP contribution is -2.41. The van der Waals surface area contributed by atoms with Gasteiger partial charge in [0.15, 0.2) is 0 Å². The average molecular weight is 1390 g/mol. The first kappa shape index (κ1) is 65.5. The van der Waals surface area contributed by atoms with Gasteiger partial charge in [-0.2, -0.15) is 0 Å². The van der Waals surface area contributed by atoms with Gasteiger partial charge in [0.05, 0.1) is 11.2 Å². The maximum absolute atomic E-state index is 6.73. The molecule has 0 radical (unpaired) electrons. The van der Waals surface area contributed by atoms with E-state index in [2.05, 4.69) is 410 Å². The third kappa shape index (κ3) is 11.3. The number of benzene rings is 20. The molecule has 0 atom stereocenters. The number of rotatable bonds is 10. The Hall–Kier alpha value is -13.0. The molecule has 0 aliphatic carbocycles. The molecule has 1 heterocycles. The van der Waals surface area contributed by atoms with Crippen molar-refractivity contribution in [3.8, 4) is 100 Å². The van der Waals surface area contributed by atoms with Crippen LogP contribution < -0.4 is 5.46 Å². The summed E-state index contributed by atoms with van der Waals surface area (Å²) in [5, 5.41) is 22.3. The van der Waals surface area contributed by atoms with Gasteiger partial charge in [-0.25, -0.2) is 0 Å². The van der Waals surface area contributed by atoms with Crippen molar-refractivity contribution >= 4 is 110 Å². The number of fused-ring (bicyclic) bond motifs is 6. The highest BCUT2D eigenvalue weighted by Crippen LogP contribution is 2.51. The lowest BCUT2D eigenvalue weighted by Gasteiger charge is -2.32. The van der Waals surface area contributed by atoms with Crippen molar-refractivity contribution in [2.75, 3.05) is 0 Å². The molecule has 0 unspecified atom stereocenters. The Balaban J connectivity index is 0.000000169. The van der Waals surface area contributed by atoms with E-state index < -0.39 is 18.3 Å². The van der Waals surface area contributed by atoms with E-state index in [0.717, 1.165) is 16.4 Å². The van der Waals surface area contributed by atoms with Crippen LogP contribution in [0.25, 0.3) is 197 Å². The molecular weight excluding hydrogens is 1320 g/mol. The molecule has 109 heavy (non-hydrogen) atoms. The summed E-state index contributed by atoms with van der Waals surface area (Å²) >= 11 is 0. The summed E-state index contributed by atoms with van der Waals surface area (Å²) in [5.41, 5.74) is 22.0. The summed E-state index contributed by atoms with van der Waals surface area (Å²) in [5.74, 6) is 0. The Kier molecular flexibility index (Phi) is 15.9. The first-order valence-corrected chi connectivity index (χ1v) is 38.0. The molecule has 1 aliphatic rings. The standard InChI is InChI=1S/C70H44.C36H31BO2/c1-4-17-47(18-5-1)63-43-64(48-19-6-2-7-20-48)60-39-40-62-66(44-65(49-21-8-3-9-22-49)61-38-37-59(63)69(60)70(61)62)51-27-14-28-53(41-51)68-58(57-32-16-26-46-24-11-13-30-55(46)57)36-35-50-33-34-52(42-67(50)68)56-31-15-25-45-23-10-12-29-54(45)56;1-35(2)36(3,4)39-37(38-35)34-32(31-18-10-14-25-12-6-8-16-29(25)31)22-21-26-19-20-27(23-33(26)34)30-17-9-13-24-11-5-7-15-28(24)30/h1-44H;5-23H,1-4H3. The molecule has 1 saturated heterocycles. The highest BCUT2D eigenvalue weighted by molar-refractivity contribution is 6.67. The van der Waals surface area contributed by atoms with Gasteiger partial charge in [0, 0.05) is 0 Å². The average Bonchev–Trinajstić information content (AvgIpc) is 1.36. The van der Waals surface area contributed by atoms with Crippen molar-refractivity contribution in [1.82, 2.24) is 0 Å². The van der Waals surface area contributed by atoms with Crippen LogP contribution in [0.2, 0.25) is 0 Å². The minimum atomic E-state index is -0.490. The van der Waals surface area contributed by atoms with Gasteiger partial charge in [0.1, 0.15) is 0 Å². The molecule has 0 spiro atoms. The molecule has 1 aliphatic heterocycles. The van der Waals surface area contributed by atoms with E-state index in [0.29, 0.717) is 0 Å². The van der Waals surface area contributed by atoms with Crippen molar-refractivity contribution in [3.05, 3.63) is 382 Å². The fourth-order valence-corrected chi connectivity index (χ4v) is 17.5. The Morgan fingerprint density at radius 2 is 0.486 bits per heavy atom. The lowest BCUT2D eigenvalue weighted by molar-refractivity contribution is 0.00578. The van der Waals surface area contributed by atoms with Crippen LogP contribution in [0.5, 0.6) is 0 Å². The topological polar surface area (TPSA) is 18.5 Å². The van der Waals surface area contributed by atoms with Gasteiger partial charge in [-0.3, -0.25) is 0 Å². The quantitative estimate of drug-likeness (QED) is 0.100. The summed E-state index contributed by atoms with van der Waals surface area (Å²) in [4.78, 5) is 0. The molecule has 20 aromatic carbocycles. The van der Waals surface area contributed by atoms with Crippen LogP contribution in [0.3, 0.4) is 0 Å². The molecule has 0 saturated carbocycles. The Morgan fingerprint density at radius 3 is 0.936 bits per heavy atom. The molecule has 0 amide bonds. The Morgan fingerprint density at radius 1 is 0.183 bits per heavy atom. The molecule has 2 nitrogen and oxygen atoms in total. The molecule has 3 heteroatoms. The normalized spacial score (nSPS) is 13.4. The first-order valence-electron chi connectivity index (χ1n) is 38.0. The van der Waals surface area contributed by atoms with E-state index in [4.69, 9.17) is 9.31 Å². The van der Waals surface area contributed by atoms with E-state index in [1.807, 2.05) is 0 Å². The molecule has 1 fully saturated rings. The second kappa shape index (κ2) is 26.5. The molecule has 0 N–H and O–H groups in total. The smallest absolute Gasteiger partial charge is 0.399 e. The molecular formula is C106H75BO2. The Labute approximate surface area is 635 Å². The summed E-state index contributed by atoms with van der Waals surface area (Å²) in [7, 11) is -0.490. The summed E-state index contributed by atoms with van der Waals surface area (Å²) in [6.07, 6.45) is 0. The fourth-order valence-electron chi connectivity index (χ4n) is 17.5. The van der Waals surface area contributed by atoms with Crippen LogP contribution in [0.15, 0.2) is 382 Å². The third-order valence-electron chi connectivity index (χ3n) is 23.5. The van der Waals surface area contributed by atoms with Crippen LogP contribution >= 0.6 is 0 Å². The van der Waals surface area contributed by atoms with E-state index in [1.165, 1.54) is 186 Å². The van der Waals surface area contributed by atoms with Crippen molar-refractivity contribution in [3.63, 3.8) is 0 Å². The van der Waals surface area contributed by atoms with Gasteiger partial charge < -0.3 is 9.31 Å². The summed E-state index contributed by atoms with van der Waals surface area (Å²) < 4.78 is 13.5. The zero-order chi connectivity index (χ0) is 72.9. The zero-order valence-electron chi connectivity index (χ0n) is 61.3. The van der Waals surface area contributed by atoms with Crippen LogP contribution in [0, 0.1) is 0 Å². The van der Waals surface area contributed by atoms with Gasteiger partial charge in [0.2, 0.25) is 0 Å². The monoisotopic (exact) mass is 1390 g/mol. The van der Waals surface area contributed by atoms with E-state index in [1.54, 1.807) is 0 Å². The van der Waals surface area contributed by atoms with Crippen molar-refractivity contribution < 1.29 is 9.31 Å². The number of hydrogen-bond donors (Lipinski definition) is 0. The maximum Gasteiger partial charge on any atom is 0.496 e. The number of hydrogen-bond acceptors (Lipinski definition) is 2. The van der Waals surface area contributed by atoms with Crippen molar-refractivity contribution in [2.24, 2.45) is 0 Å². The predicted molar refractivity (Wildman–Crippen MR) is 466 cm³/mol. The van der Waals surface area contributed by atoms with Gasteiger partial charge in [-0.15, -0.1) is 0 Å². The van der Waals surface area contributed by atoms with E-state index >= 15 is 0 Å². The third-order valence-corrected chi connectivity index (χ3v) is 23.5. The van der Waals surface area contributed by atoms with E-state index in [9.17, 15) is 0 Å². The molecule has 0 aromatic heterocycles. The van der Waals surface area contributed by atoms with E-state index in [-0.39, 0.29) is 0 Å². The van der Waals surface area contributed by atoms with Crippen molar-refractivity contribution in [1.29, 1.82) is 0 Å². The van der Waals surface area contributed by atoms with Gasteiger partial charge >= 0.3 is 7.12 Å². The highest BCUT2D eigenvalue weighted by Gasteiger charge is 2.53. The maximum atomic E-state index is 6.73. The van der Waals surface area contributed by atoms with Gasteiger partial charge in [-0.05, 0) is 261 Å². The van der Waals surface area contributed by atoms with Crippen LogP contribution in [-0.2, 0) is 9.31 Å². The zero-order valence-corrected chi connectivity index (χ0v) is 61.3. The van der Waals surface area contributed by atoms with Gasteiger partial charge in [0.25, 0.3) is 0 Å². The van der Waals surface area contributed by atoms with Gasteiger partial charge in [-0.1, -0.05) is 352 Å². The summed E-state index contributed by atoms with van der Waals surface area (Å²) in [6.45, 7) is 8.49. The molecule has 21 rings (SSSR count). The largest absolute Gasteiger partial charge is 0.496 e. The fraction of sp³-hybridized carbons (Fsp3) is 0.0566.